The molecule has 18 heavy (non-hydrogen) atoms. The van der Waals surface area contributed by atoms with E-state index in [2.05, 4.69) is 26.2 Å². The normalized spacial score (nSPS) is 23.7. The summed E-state index contributed by atoms with van der Waals surface area (Å²) < 4.78 is 0. The molecule has 2 rings (SSSR count). The number of aryl methyl sites for hydroxylation is 1. The fourth-order valence-electron chi connectivity index (χ4n) is 2.24. The summed E-state index contributed by atoms with van der Waals surface area (Å²) in [7, 11) is 0. The molecule has 1 heterocycles. The van der Waals surface area contributed by atoms with Gasteiger partial charge in [-0.3, -0.25) is 9.59 Å². The van der Waals surface area contributed by atoms with Gasteiger partial charge in [0.15, 0.2) is 5.43 Å². The second-order valence-corrected chi connectivity index (χ2v) is 5.95. The molecule has 1 fully saturated rings. The molecule has 0 spiro atoms. The van der Waals surface area contributed by atoms with Crippen molar-refractivity contribution < 1.29 is 4.79 Å². The van der Waals surface area contributed by atoms with E-state index in [9.17, 15) is 9.59 Å². The van der Waals surface area contributed by atoms with Gasteiger partial charge in [0.05, 0.1) is 0 Å². The lowest BCUT2D eigenvalue weighted by Crippen LogP contribution is -2.43. The molecule has 98 valence electrons. The Hall–Kier alpha value is -1.10. The fourth-order valence-corrected chi connectivity index (χ4v) is 2.97. The first-order valence-corrected chi connectivity index (χ1v) is 7.14. The molecule has 2 atom stereocenters. The average Bonchev–Trinajstić information content (AvgIpc) is 2.32. The third-order valence-electron chi connectivity index (χ3n) is 3.30. The average molecular weight is 313 g/mol. The largest absolute Gasteiger partial charge is 0.364 e. The third-order valence-corrected chi connectivity index (χ3v) is 4.40. The Kier molecular flexibility index (Phi) is 4.22. The van der Waals surface area contributed by atoms with Gasteiger partial charge >= 0.3 is 0 Å². The minimum absolute atomic E-state index is 0.118. The van der Waals surface area contributed by atoms with E-state index in [0.717, 1.165) is 25.0 Å². The molecule has 2 N–H and O–H groups in total. The lowest BCUT2D eigenvalue weighted by Gasteiger charge is -2.28. The van der Waals surface area contributed by atoms with Crippen LogP contribution in [-0.4, -0.2) is 21.8 Å². The number of aromatic amines is 1. The molecule has 5 heteroatoms. The summed E-state index contributed by atoms with van der Waals surface area (Å²) in [5.74, 6) is -0.285. The number of pyridine rings is 1. The maximum absolute atomic E-state index is 12.0. The van der Waals surface area contributed by atoms with Gasteiger partial charge in [0, 0.05) is 28.8 Å². The summed E-state index contributed by atoms with van der Waals surface area (Å²) in [6.07, 6.45) is 5.82. The molecule has 1 aliphatic carbocycles. The number of nitrogens with one attached hydrogen (secondary N) is 2. The molecular formula is C13H17BrN2O2. The first-order valence-electron chi connectivity index (χ1n) is 6.22. The number of hydrogen-bond donors (Lipinski definition) is 2. The number of amides is 1. The van der Waals surface area contributed by atoms with Gasteiger partial charge < -0.3 is 10.3 Å². The molecule has 0 bridgehead atoms. The minimum atomic E-state index is -0.285. The van der Waals surface area contributed by atoms with Crippen LogP contribution < -0.4 is 10.7 Å². The van der Waals surface area contributed by atoms with Gasteiger partial charge in [-0.25, -0.2) is 0 Å². The van der Waals surface area contributed by atoms with E-state index in [1.165, 1.54) is 18.7 Å². The molecule has 0 saturated heterocycles. The van der Waals surface area contributed by atoms with Crippen molar-refractivity contribution >= 4 is 21.8 Å². The van der Waals surface area contributed by atoms with E-state index in [1.54, 1.807) is 6.92 Å². The zero-order valence-corrected chi connectivity index (χ0v) is 11.9. The highest BCUT2D eigenvalue weighted by Gasteiger charge is 2.25. The van der Waals surface area contributed by atoms with Crippen molar-refractivity contribution in [3.8, 4) is 0 Å². The number of alkyl halides is 1. The summed E-state index contributed by atoms with van der Waals surface area (Å²) in [6.45, 7) is 1.79. The molecule has 0 aromatic carbocycles. The molecule has 1 aliphatic rings. The summed E-state index contributed by atoms with van der Waals surface area (Å²) in [5, 5.41) is 2.94. The van der Waals surface area contributed by atoms with E-state index in [1.807, 2.05) is 0 Å². The fraction of sp³-hybridized carbons (Fsp3) is 0.538. The summed E-state index contributed by atoms with van der Waals surface area (Å²) in [4.78, 5) is 27.0. The Balaban J connectivity index is 2.09. The smallest absolute Gasteiger partial charge is 0.256 e. The summed E-state index contributed by atoms with van der Waals surface area (Å²) >= 11 is 3.59. The lowest BCUT2D eigenvalue weighted by molar-refractivity contribution is 0.0928. The Labute approximate surface area is 114 Å². The van der Waals surface area contributed by atoms with E-state index in [4.69, 9.17) is 0 Å². The number of rotatable bonds is 2. The number of hydrogen-bond acceptors (Lipinski definition) is 2. The van der Waals surface area contributed by atoms with Crippen molar-refractivity contribution in [2.75, 3.05) is 0 Å². The molecule has 1 amide bonds. The monoisotopic (exact) mass is 312 g/mol. The van der Waals surface area contributed by atoms with Gasteiger partial charge in [-0.2, -0.15) is 0 Å². The summed E-state index contributed by atoms with van der Waals surface area (Å²) in [6, 6.07) is 1.56. The SMILES string of the molecule is Cc1cc(=O)c(C(=O)NC2CCCCC2Br)c[nH]1. The van der Waals surface area contributed by atoms with Crippen LogP contribution >= 0.6 is 15.9 Å². The van der Waals surface area contributed by atoms with E-state index >= 15 is 0 Å². The Morgan fingerprint density at radius 1 is 1.44 bits per heavy atom. The maximum atomic E-state index is 12.0. The zero-order valence-electron chi connectivity index (χ0n) is 10.3. The zero-order chi connectivity index (χ0) is 13.1. The second kappa shape index (κ2) is 5.69. The Morgan fingerprint density at radius 3 is 2.83 bits per heavy atom. The highest BCUT2D eigenvalue weighted by atomic mass is 79.9. The van der Waals surface area contributed by atoms with Crippen molar-refractivity contribution in [1.29, 1.82) is 0 Å². The maximum Gasteiger partial charge on any atom is 0.256 e. The topological polar surface area (TPSA) is 62.0 Å². The molecule has 1 aromatic heterocycles. The molecular weight excluding hydrogens is 296 g/mol. The standard InChI is InChI=1S/C13H17BrN2O2/c1-8-6-12(17)9(7-15-8)13(18)16-11-5-3-2-4-10(11)14/h6-7,10-11H,2-5H2,1H3,(H,15,17)(H,16,18). The number of aromatic nitrogens is 1. The van der Waals surface area contributed by atoms with Crippen molar-refractivity contribution in [3.63, 3.8) is 0 Å². The van der Waals surface area contributed by atoms with E-state index < -0.39 is 0 Å². The molecule has 2 unspecified atom stereocenters. The quantitative estimate of drug-likeness (QED) is 0.822. The predicted molar refractivity (Wildman–Crippen MR) is 74.2 cm³/mol. The van der Waals surface area contributed by atoms with Crippen LogP contribution in [0.2, 0.25) is 0 Å². The number of carbonyl (C=O) groups is 1. The van der Waals surface area contributed by atoms with Gasteiger partial charge in [-0.1, -0.05) is 28.8 Å². The third kappa shape index (κ3) is 3.02. The number of H-pyrrole nitrogens is 1. The van der Waals surface area contributed by atoms with Crippen LogP contribution in [-0.2, 0) is 0 Å². The second-order valence-electron chi connectivity index (χ2n) is 4.77. The molecule has 0 aliphatic heterocycles. The van der Waals surface area contributed by atoms with Crippen molar-refractivity contribution in [3.05, 3.63) is 33.7 Å². The molecule has 1 aromatic rings. The van der Waals surface area contributed by atoms with Crippen LogP contribution in [0.5, 0.6) is 0 Å². The Morgan fingerprint density at radius 2 is 2.17 bits per heavy atom. The van der Waals surface area contributed by atoms with Gasteiger partial charge in [0.1, 0.15) is 5.56 Å². The first-order chi connectivity index (χ1) is 8.58. The molecule has 4 nitrogen and oxygen atoms in total. The van der Waals surface area contributed by atoms with Crippen LogP contribution in [0.25, 0.3) is 0 Å². The highest BCUT2D eigenvalue weighted by Crippen LogP contribution is 2.24. The highest BCUT2D eigenvalue weighted by molar-refractivity contribution is 9.09. The van der Waals surface area contributed by atoms with E-state index in [-0.39, 0.29) is 22.9 Å². The molecule has 1 saturated carbocycles. The molecule has 0 radical (unpaired) electrons. The van der Waals surface area contributed by atoms with Crippen molar-refractivity contribution in [2.24, 2.45) is 0 Å². The van der Waals surface area contributed by atoms with E-state index in [0.29, 0.717) is 4.83 Å². The van der Waals surface area contributed by atoms with Gasteiger partial charge in [0.25, 0.3) is 5.91 Å². The van der Waals surface area contributed by atoms with Gasteiger partial charge in [-0.15, -0.1) is 0 Å². The lowest BCUT2D eigenvalue weighted by atomic mass is 9.95. The first kappa shape index (κ1) is 13.3. The van der Waals surface area contributed by atoms with Crippen LogP contribution in [0.3, 0.4) is 0 Å². The number of carbonyl (C=O) groups excluding carboxylic acids is 1. The van der Waals surface area contributed by atoms with Crippen LogP contribution in [0, 0.1) is 6.92 Å². The van der Waals surface area contributed by atoms with Crippen molar-refractivity contribution in [2.45, 2.75) is 43.5 Å². The van der Waals surface area contributed by atoms with Gasteiger partial charge in [0.2, 0.25) is 0 Å². The van der Waals surface area contributed by atoms with Crippen LogP contribution in [0.15, 0.2) is 17.1 Å². The Bertz CT molecular complexity index is 498. The van der Waals surface area contributed by atoms with Gasteiger partial charge in [-0.05, 0) is 19.8 Å². The predicted octanol–water partition coefficient (Wildman–Crippen LogP) is 2.12. The van der Waals surface area contributed by atoms with Crippen molar-refractivity contribution in [1.82, 2.24) is 10.3 Å². The minimum Gasteiger partial charge on any atom is -0.364 e. The number of halogens is 1. The summed E-state index contributed by atoms with van der Waals surface area (Å²) in [5.41, 5.74) is 0.712. The van der Waals surface area contributed by atoms with Crippen LogP contribution in [0.4, 0.5) is 0 Å². The van der Waals surface area contributed by atoms with Crippen LogP contribution in [0.1, 0.15) is 41.7 Å².